The van der Waals surface area contributed by atoms with E-state index in [-0.39, 0.29) is 30.2 Å². The van der Waals surface area contributed by atoms with Crippen molar-refractivity contribution in [3.05, 3.63) is 23.8 Å². The van der Waals surface area contributed by atoms with Crippen molar-refractivity contribution in [2.24, 2.45) is 0 Å². The van der Waals surface area contributed by atoms with Crippen molar-refractivity contribution in [1.82, 2.24) is 10.3 Å². The first-order valence-corrected chi connectivity index (χ1v) is 7.30. The van der Waals surface area contributed by atoms with E-state index < -0.39 is 17.6 Å². The Morgan fingerprint density at radius 2 is 1.91 bits per heavy atom. The lowest BCUT2D eigenvalue weighted by Crippen LogP contribution is -2.40. The van der Waals surface area contributed by atoms with Gasteiger partial charge in [0.05, 0.1) is 23.5 Å². The molecule has 1 aromatic heterocycles. The monoisotopic (exact) mass is 305 g/mol. The molecule has 0 aromatic carbocycles. The standard InChI is InChI=1S/C15H16FN3O3/c16-12-7-9(19-5-3-10(20)4-6-19)8-17-14(12)11-1-2-13(21)18-15(11)22/h7-8,11H,1-6H2,(H,18,21,22). The van der Waals surface area contributed by atoms with Crippen molar-refractivity contribution in [2.45, 2.75) is 31.6 Å². The number of hydrogen-bond donors (Lipinski definition) is 1. The molecular formula is C15H16FN3O3. The van der Waals surface area contributed by atoms with E-state index >= 15 is 0 Å². The Morgan fingerprint density at radius 3 is 2.55 bits per heavy atom. The normalized spacial score (nSPS) is 22.7. The molecule has 2 fully saturated rings. The van der Waals surface area contributed by atoms with Crippen molar-refractivity contribution < 1.29 is 18.8 Å². The average Bonchev–Trinajstić information content (AvgIpc) is 2.49. The fraction of sp³-hybridized carbons (Fsp3) is 0.467. The average molecular weight is 305 g/mol. The van der Waals surface area contributed by atoms with Gasteiger partial charge in [0.25, 0.3) is 0 Å². The van der Waals surface area contributed by atoms with E-state index in [1.165, 1.54) is 12.3 Å². The minimum absolute atomic E-state index is 0.0711. The Labute approximate surface area is 126 Å². The van der Waals surface area contributed by atoms with Crippen LogP contribution in [0.25, 0.3) is 0 Å². The van der Waals surface area contributed by atoms with Crippen LogP contribution in [0, 0.1) is 5.82 Å². The van der Waals surface area contributed by atoms with Gasteiger partial charge >= 0.3 is 0 Å². The van der Waals surface area contributed by atoms with Gasteiger partial charge in [-0.1, -0.05) is 0 Å². The molecule has 1 N–H and O–H groups in total. The zero-order valence-corrected chi connectivity index (χ0v) is 12.0. The van der Waals surface area contributed by atoms with E-state index in [0.717, 1.165) is 0 Å². The second kappa shape index (κ2) is 5.82. The summed E-state index contributed by atoms with van der Waals surface area (Å²) in [5.41, 5.74) is 0.683. The molecule has 0 bridgehead atoms. The predicted octanol–water partition coefficient (Wildman–Crippen LogP) is 0.910. The quantitative estimate of drug-likeness (QED) is 0.822. The number of nitrogens with one attached hydrogen (secondary N) is 1. The van der Waals surface area contributed by atoms with Crippen LogP contribution < -0.4 is 10.2 Å². The number of nitrogens with zero attached hydrogens (tertiary/aromatic N) is 2. The molecule has 116 valence electrons. The first-order chi connectivity index (χ1) is 10.5. The third-order valence-corrected chi connectivity index (χ3v) is 4.11. The van der Waals surface area contributed by atoms with Crippen LogP contribution in [-0.4, -0.2) is 35.7 Å². The number of carbonyl (C=O) groups is 3. The molecule has 2 aliphatic heterocycles. The molecule has 0 spiro atoms. The Hall–Kier alpha value is -2.31. The molecule has 1 atom stereocenters. The molecule has 2 amide bonds. The molecule has 1 unspecified atom stereocenters. The molecule has 0 saturated carbocycles. The van der Waals surface area contributed by atoms with Gasteiger partial charge < -0.3 is 4.90 Å². The largest absolute Gasteiger partial charge is 0.369 e. The fourth-order valence-electron chi connectivity index (χ4n) is 2.84. The van der Waals surface area contributed by atoms with Crippen molar-refractivity contribution in [3.8, 4) is 0 Å². The van der Waals surface area contributed by atoms with Gasteiger partial charge in [-0.25, -0.2) is 4.39 Å². The van der Waals surface area contributed by atoms with E-state index in [4.69, 9.17) is 0 Å². The highest BCUT2D eigenvalue weighted by Crippen LogP contribution is 2.28. The van der Waals surface area contributed by atoms with Crippen LogP contribution in [0.3, 0.4) is 0 Å². The summed E-state index contributed by atoms with van der Waals surface area (Å²) in [5.74, 6) is -1.90. The molecule has 0 aliphatic carbocycles. The van der Waals surface area contributed by atoms with E-state index in [1.54, 1.807) is 0 Å². The van der Waals surface area contributed by atoms with Gasteiger partial charge in [-0.3, -0.25) is 24.7 Å². The number of pyridine rings is 1. The topological polar surface area (TPSA) is 79.4 Å². The van der Waals surface area contributed by atoms with Crippen molar-refractivity contribution in [2.75, 3.05) is 18.0 Å². The van der Waals surface area contributed by atoms with Gasteiger partial charge in [-0.15, -0.1) is 0 Å². The zero-order chi connectivity index (χ0) is 15.7. The van der Waals surface area contributed by atoms with Crippen molar-refractivity contribution in [3.63, 3.8) is 0 Å². The molecule has 7 heteroatoms. The summed E-state index contributed by atoms with van der Waals surface area (Å²) in [6.07, 6.45) is 2.89. The summed E-state index contributed by atoms with van der Waals surface area (Å²) < 4.78 is 14.3. The summed E-state index contributed by atoms with van der Waals surface area (Å²) in [7, 11) is 0. The number of aromatic nitrogens is 1. The number of piperidine rings is 2. The molecule has 0 radical (unpaired) electrons. The molecule has 3 heterocycles. The summed E-state index contributed by atoms with van der Waals surface area (Å²) in [6.45, 7) is 1.11. The molecule has 3 rings (SSSR count). The Morgan fingerprint density at radius 1 is 1.18 bits per heavy atom. The molecule has 1 aromatic rings. The first kappa shape index (κ1) is 14.6. The second-order valence-electron chi connectivity index (χ2n) is 5.59. The lowest BCUT2D eigenvalue weighted by atomic mass is 9.94. The maximum Gasteiger partial charge on any atom is 0.235 e. The maximum atomic E-state index is 14.3. The van der Waals surface area contributed by atoms with Crippen LogP contribution in [0.2, 0.25) is 0 Å². The number of rotatable bonds is 2. The van der Waals surface area contributed by atoms with Crippen LogP contribution >= 0.6 is 0 Å². The van der Waals surface area contributed by atoms with Gasteiger partial charge in [0.15, 0.2) is 0 Å². The van der Waals surface area contributed by atoms with E-state index in [2.05, 4.69) is 10.3 Å². The minimum atomic E-state index is -0.727. The molecule has 2 saturated heterocycles. The van der Waals surface area contributed by atoms with Gasteiger partial charge in [0, 0.05) is 38.4 Å². The lowest BCUT2D eigenvalue weighted by Gasteiger charge is -2.28. The minimum Gasteiger partial charge on any atom is -0.369 e. The highest BCUT2D eigenvalue weighted by Gasteiger charge is 2.31. The number of hydrogen-bond acceptors (Lipinski definition) is 5. The highest BCUT2D eigenvalue weighted by atomic mass is 19.1. The lowest BCUT2D eigenvalue weighted by molar-refractivity contribution is -0.134. The smallest absolute Gasteiger partial charge is 0.235 e. The number of Topliss-reactive ketones (excluding diaryl/α,β-unsaturated/α-hetero) is 1. The molecule has 2 aliphatic rings. The number of ketones is 1. The van der Waals surface area contributed by atoms with Crippen molar-refractivity contribution in [1.29, 1.82) is 0 Å². The summed E-state index contributed by atoms with van der Waals surface area (Å²) >= 11 is 0. The zero-order valence-electron chi connectivity index (χ0n) is 12.0. The third kappa shape index (κ3) is 2.84. The Kier molecular flexibility index (Phi) is 3.87. The predicted molar refractivity (Wildman–Crippen MR) is 75.8 cm³/mol. The number of amides is 2. The third-order valence-electron chi connectivity index (χ3n) is 4.11. The van der Waals surface area contributed by atoms with Gasteiger partial charge in [0.1, 0.15) is 11.6 Å². The van der Waals surface area contributed by atoms with E-state index in [0.29, 0.717) is 31.6 Å². The number of imide groups is 1. The fourth-order valence-corrected chi connectivity index (χ4v) is 2.84. The Bertz CT molecular complexity index is 637. The van der Waals surface area contributed by atoms with Gasteiger partial charge in [-0.05, 0) is 6.42 Å². The second-order valence-corrected chi connectivity index (χ2v) is 5.59. The SMILES string of the molecule is O=C1CCN(c2cnc(C3CCC(=O)NC3=O)c(F)c2)CC1. The van der Waals surface area contributed by atoms with Gasteiger partial charge in [-0.2, -0.15) is 0 Å². The van der Waals surface area contributed by atoms with E-state index in [1.807, 2.05) is 4.90 Å². The first-order valence-electron chi connectivity index (χ1n) is 7.30. The van der Waals surface area contributed by atoms with Gasteiger partial charge in [0.2, 0.25) is 11.8 Å². The Balaban J connectivity index is 1.79. The molecule has 6 nitrogen and oxygen atoms in total. The summed E-state index contributed by atoms with van der Waals surface area (Å²) in [6, 6.07) is 1.35. The van der Waals surface area contributed by atoms with Crippen LogP contribution in [0.1, 0.15) is 37.3 Å². The van der Waals surface area contributed by atoms with Crippen LogP contribution in [0.5, 0.6) is 0 Å². The van der Waals surface area contributed by atoms with Crippen LogP contribution in [0.4, 0.5) is 10.1 Å². The molecular weight excluding hydrogens is 289 g/mol. The summed E-state index contributed by atoms with van der Waals surface area (Å²) in [5, 5.41) is 2.21. The number of carbonyl (C=O) groups excluding carboxylic acids is 3. The van der Waals surface area contributed by atoms with Crippen LogP contribution in [-0.2, 0) is 14.4 Å². The van der Waals surface area contributed by atoms with E-state index in [9.17, 15) is 18.8 Å². The number of halogens is 1. The molecule has 22 heavy (non-hydrogen) atoms. The van der Waals surface area contributed by atoms with Crippen molar-refractivity contribution >= 4 is 23.3 Å². The maximum absolute atomic E-state index is 14.3. The van der Waals surface area contributed by atoms with Crippen LogP contribution in [0.15, 0.2) is 12.3 Å². The highest BCUT2D eigenvalue weighted by molar-refractivity contribution is 6.00. The number of anilines is 1. The summed E-state index contributed by atoms with van der Waals surface area (Å²) in [4.78, 5) is 40.2.